The molecule has 0 atom stereocenters. The fourth-order valence-electron chi connectivity index (χ4n) is 2.15. The van der Waals surface area contributed by atoms with Crippen molar-refractivity contribution in [1.82, 2.24) is 4.57 Å². The Morgan fingerprint density at radius 1 is 1.18 bits per heavy atom. The minimum Gasteiger partial charge on any atom is -0.465 e. The van der Waals surface area contributed by atoms with Crippen LogP contribution in [0.25, 0.3) is 16.8 Å². The third-order valence-corrected chi connectivity index (χ3v) is 3.70. The highest BCUT2D eigenvalue weighted by Gasteiger charge is 2.16. The smallest absolute Gasteiger partial charge is 0.424 e. The summed E-state index contributed by atoms with van der Waals surface area (Å²) in [6.07, 6.45) is 0. The van der Waals surface area contributed by atoms with E-state index in [1.807, 2.05) is 0 Å². The summed E-state index contributed by atoms with van der Waals surface area (Å²) in [5, 5.41) is 0.752. The second-order valence-electron chi connectivity index (χ2n) is 4.47. The maximum atomic E-state index is 12.1. The van der Waals surface area contributed by atoms with Gasteiger partial charge in [-0.15, -0.1) is 0 Å². The first-order valence-electron chi connectivity index (χ1n) is 6.20. The molecule has 0 unspecified atom stereocenters. The lowest BCUT2D eigenvalue weighted by Crippen LogP contribution is -2.12. The van der Waals surface area contributed by atoms with Crippen molar-refractivity contribution < 1.29 is 13.9 Å². The van der Waals surface area contributed by atoms with E-state index in [-0.39, 0.29) is 0 Å². The molecule has 0 aliphatic heterocycles. The summed E-state index contributed by atoms with van der Waals surface area (Å²) in [4.78, 5) is 23.8. The van der Waals surface area contributed by atoms with E-state index in [0.29, 0.717) is 32.4 Å². The number of ether oxygens (including phenoxy) is 1. The summed E-state index contributed by atoms with van der Waals surface area (Å²) >= 11 is 12.1. The average Bonchev–Trinajstić information content (AvgIpc) is 2.83. The maximum Gasteiger partial charge on any atom is 0.424 e. The fourth-order valence-corrected chi connectivity index (χ4v) is 2.52. The van der Waals surface area contributed by atoms with Gasteiger partial charge in [0, 0.05) is 5.02 Å². The molecular weight excluding hydrogens is 329 g/mol. The number of carbonyl (C=O) groups excluding carboxylic acids is 1. The fraction of sp³-hybridized carbons (Fsp3) is 0.0667. The number of hydrogen-bond donors (Lipinski definition) is 0. The Bertz CT molecular complexity index is 942. The molecule has 2 aromatic carbocycles. The number of esters is 1. The summed E-state index contributed by atoms with van der Waals surface area (Å²) in [6, 6.07) is 9.28. The predicted molar refractivity (Wildman–Crippen MR) is 83.2 cm³/mol. The van der Waals surface area contributed by atoms with Gasteiger partial charge in [-0.1, -0.05) is 23.2 Å². The molecule has 1 heterocycles. The van der Waals surface area contributed by atoms with Crippen LogP contribution in [0.1, 0.15) is 10.4 Å². The van der Waals surface area contributed by atoms with Gasteiger partial charge in [0.15, 0.2) is 5.58 Å². The number of rotatable bonds is 2. The number of halogens is 2. The first-order valence-corrected chi connectivity index (χ1v) is 6.96. The van der Waals surface area contributed by atoms with Crippen LogP contribution in [-0.2, 0) is 4.74 Å². The van der Waals surface area contributed by atoms with Crippen LogP contribution in [0.15, 0.2) is 45.6 Å². The number of oxazole rings is 1. The molecule has 112 valence electrons. The summed E-state index contributed by atoms with van der Waals surface area (Å²) in [6.45, 7) is 0. The second-order valence-corrected chi connectivity index (χ2v) is 5.32. The van der Waals surface area contributed by atoms with E-state index < -0.39 is 11.7 Å². The van der Waals surface area contributed by atoms with Gasteiger partial charge in [-0.05, 0) is 36.4 Å². The first-order chi connectivity index (χ1) is 10.5. The molecule has 0 amide bonds. The Labute approximate surface area is 134 Å². The molecule has 5 nitrogen and oxygen atoms in total. The molecule has 3 aromatic rings. The van der Waals surface area contributed by atoms with Crippen LogP contribution in [0, 0.1) is 0 Å². The van der Waals surface area contributed by atoms with Crippen LogP contribution in [-0.4, -0.2) is 17.6 Å². The van der Waals surface area contributed by atoms with Gasteiger partial charge in [0.25, 0.3) is 0 Å². The van der Waals surface area contributed by atoms with Crippen molar-refractivity contribution >= 4 is 40.3 Å². The van der Waals surface area contributed by atoms with Gasteiger partial charge in [0.05, 0.1) is 28.9 Å². The van der Waals surface area contributed by atoms with Gasteiger partial charge < -0.3 is 9.15 Å². The summed E-state index contributed by atoms with van der Waals surface area (Å²) < 4.78 is 11.1. The van der Waals surface area contributed by atoms with Crippen LogP contribution in [0.4, 0.5) is 0 Å². The van der Waals surface area contributed by atoms with E-state index in [4.69, 9.17) is 27.6 Å². The molecule has 0 aliphatic carbocycles. The molecule has 3 rings (SSSR count). The van der Waals surface area contributed by atoms with E-state index in [2.05, 4.69) is 4.74 Å². The molecule has 22 heavy (non-hydrogen) atoms. The molecule has 0 spiro atoms. The Hall–Kier alpha value is -2.24. The van der Waals surface area contributed by atoms with Gasteiger partial charge in [0.2, 0.25) is 0 Å². The summed E-state index contributed by atoms with van der Waals surface area (Å²) in [5.74, 6) is -1.14. The number of nitrogens with zero attached hydrogens (tertiary/aromatic N) is 1. The lowest BCUT2D eigenvalue weighted by Gasteiger charge is -2.06. The van der Waals surface area contributed by atoms with E-state index >= 15 is 0 Å². The molecule has 0 fully saturated rings. The number of carbonyl (C=O) groups is 1. The molecule has 1 aromatic heterocycles. The third kappa shape index (κ3) is 2.38. The van der Waals surface area contributed by atoms with Crippen LogP contribution in [0.3, 0.4) is 0 Å². The molecule has 0 aliphatic rings. The monoisotopic (exact) mass is 337 g/mol. The van der Waals surface area contributed by atoms with Crippen molar-refractivity contribution in [2.24, 2.45) is 0 Å². The Kier molecular flexibility index (Phi) is 3.68. The molecule has 0 saturated heterocycles. The number of methoxy groups -OCH3 is 1. The largest absolute Gasteiger partial charge is 0.465 e. The minimum atomic E-state index is -0.624. The van der Waals surface area contributed by atoms with E-state index in [0.717, 1.165) is 0 Å². The highest BCUT2D eigenvalue weighted by molar-refractivity contribution is 6.34. The van der Waals surface area contributed by atoms with Crippen molar-refractivity contribution in [3.05, 3.63) is 62.6 Å². The quantitative estimate of drug-likeness (QED) is 0.669. The SMILES string of the molecule is COC(=O)c1ccc2oc(=O)n(-c3cc(Cl)ccc3Cl)c2c1. The lowest BCUT2D eigenvalue weighted by atomic mass is 10.2. The first kappa shape index (κ1) is 14.7. The Morgan fingerprint density at radius 3 is 2.68 bits per heavy atom. The van der Waals surface area contributed by atoms with Gasteiger partial charge in [-0.3, -0.25) is 0 Å². The highest BCUT2D eigenvalue weighted by atomic mass is 35.5. The number of hydrogen-bond acceptors (Lipinski definition) is 4. The zero-order valence-corrected chi connectivity index (χ0v) is 12.8. The van der Waals surface area contributed by atoms with E-state index in [1.165, 1.54) is 29.9 Å². The Morgan fingerprint density at radius 2 is 1.95 bits per heavy atom. The summed E-state index contributed by atoms with van der Waals surface area (Å²) in [7, 11) is 1.28. The average molecular weight is 338 g/mol. The van der Waals surface area contributed by atoms with Crippen LogP contribution in [0.2, 0.25) is 10.0 Å². The number of benzene rings is 2. The Balaban J connectivity index is 2.33. The lowest BCUT2D eigenvalue weighted by molar-refractivity contribution is 0.0601. The standard InChI is InChI=1S/C15H9Cl2NO4/c1-21-14(19)8-2-5-13-12(6-8)18(15(20)22-13)11-7-9(16)3-4-10(11)17/h2-7H,1H3. The molecule has 0 radical (unpaired) electrons. The molecule has 0 N–H and O–H groups in total. The van der Waals surface area contributed by atoms with Crippen molar-refractivity contribution in [3.63, 3.8) is 0 Å². The van der Waals surface area contributed by atoms with Crippen LogP contribution in [0.5, 0.6) is 0 Å². The van der Waals surface area contributed by atoms with Gasteiger partial charge >= 0.3 is 11.7 Å². The molecule has 0 bridgehead atoms. The van der Waals surface area contributed by atoms with Crippen molar-refractivity contribution in [2.75, 3.05) is 7.11 Å². The predicted octanol–water partition coefficient (Wildman–Crippen LogP) is 3.68. The van der Waals surface area contributed by atoms with Gasteiger partial charge in [-0.25, -0.2) is 14.2 Å². The van der Waals surface area contributed by atoms with Crippen molar-refractivity contribution in [2.45, 2.75) is 0 Å². The minimum absolute atomic E-state index is 0.294. The number of aromatic nitrogens is 1. The third-order valence-electron chi connectivity index (χ3n) is 3.15. The van der Waals surface area contributed by atoms with E-state index in [1.54, 1.807) is 18.2 Å². The van der Waals surface area contributed by atoms with Crippen molar-refractivity contribution in [1.29, 1.82) is 0 Å². The zero-order valence-electron chi connectivity index (χ0n) is 11.3. The maximum absolute atomic E-state index is 12.1. The molecular formula is C15H9Cl2NO4. The summed E-state index contributed by atoms with van der Waals surface area (Å²) in [5.41, 5.74) is 1.40. The van der Waals surface area contributed by atoms with Crippen LogP contribution < -0.4 is 5.76 Å². The number of fused-ring (bicyclic) bond motifs is 1. The second kappa shape index (κ2) is 5.51. The van der Waals surface area contributed by atoms with Crippen LogP contribution >= 0.6 is 23.2 Å². The van der Waals surface area contributed by atoms with Crippen molar-refractivity contribution in [3.8, 4) is 5.69 Å². The molecule has 7 heteroatoms. The normalized spacial score (nSPS) is 10.9. The van der Waals surface area contributed by atoms with Gasteiger partial charge in [0.1, 0.15) is 0 Å². The zero-order chi connectivity index (χ0) is 15.9. The van der Waals surface area contributed by atoms with Gasteiger partial charge in [-0.2, -0.15) is 0 Å². The topological polar surface area (TPSA) is 61.4 Å². The highest BCUT2D eigenvalue weighted by Crippen LogP contribution is 2.27. The van der Waals surface area contributed by atoms with E-state index in [9.17, 15) is 9.59 Å². The molecule has 0 saturated carbocycles.